The Morgan fingerprint density at radius 1 is 0.423 bits per heavy atom. The van der Waals surface area contributed by atoms with Gasteiger partial charge in [-0.1, -0.05) is 54.6 Å². The molecular formula is C45H28N6O. The second kappa shape index (κ2) is 12.3. The monoisotopic (exact) mass is 668 g/mol. The minimum atomic E-state index is 0.655. The van der Waals surface area contributed by atoms with Gasteiger partial charge in [-0.2, -0.15) is 0 Å². The fourth-order valence-electron chi connectivity index (χ4n) is 6.97. The van der Waals surface area contributed by atoms with Crippen molar-refractivity contribution in [2.24, 2.45) is 0 Å². The molecule has 244 valence electrons. The molecule has 4 aromatic heterocycles. The van der Waals surface area contributed by atoms with Gasteiger partial charge in [-0.05, 0) is 118 Å². The maximum atomic E-state index is 6.09. The number of anilines is 3. The van der Waals surface area contributed by atoms with Gasteiger partial charge in [0.1, 0.15) is 18.2 Å². The highest BCUT2D eigenvalue weighted by Crippen LogP contribution is 2.39. The van der Waals surface area contributed by atoms with Crippen molar-refractivity contribution in [2.45, 2.75) is 0 Å². The first kappa shape index (κ1) is 29.6. The first-order chi connectivity index (χ1) is 25.7. The summed E-state index contributed by atoms with van der Waals surface area (Å²) in [7, 11) is 0. The lowest BCUT2D eigenvalue weighted by Crippen LogP contribution is -2.09. The zero-order chi connectivity index (χ0) is 34.4. The van der Waals surface area contributed by atoms with Gasteiger partial charge in [0.15, 0.2) is 0 Å². The molecule has 0 N–H and O–H groups in total. The van der Waals surface area contributed by atoms with Crippen LogP contribution in [-0.2, 0) is 0 Å². The predicted octanol–water partition coefficient (Wildman–Crippen LogP) is 11.3. The summed E-state index contributed by atoms with van der Waals surface area (Å²) in [6.45, 7) is 0. The fourth-order valence-corrected chi connectivity index (χ4v) is 6.97. The largest absolute Gasteiger partial charge is 0.438 e. The average Bonchev–Trinajstić information content (AvgIpc) is 3.59. The molecule has 10 aromatic rings. The Labute approximate surface area is 298 Å². The van der Waals surface area contributed by atoms with Crippen LogP contribution in [0.3, 0.4) is 0 Å². The fraction of sp³-hybridized carbons (Fsp3) is 0. The van der Waals surface area contributed by atoms with Crippen LogP contribution in [0.15, 0.2) is 175 Å². The van der Waals surface area contributed by atoms with Crippen molar-refractivity contribution >= 4 is 60.9 Å². The molecule has 0 spiro atoms. The normalized spacial score (nSPS) is 11.5. The highest BCUT2D eigenvalue weighted by Gasteiger charge is 2.15. The lowest BCUT2D eigenvalue weighted by atomic mass is 10.0. The third-order valence-corrected chi connectivity index (χ3v) is 9.64. The number of benzene rings is 6. The van der Waals surface area contributed by atoms with E-state index in [1.54, 1.807) is 18.9 Å². The Kier molecular flexibility index (Phi) is 6.99. The van der Waals surface area contributed by atoms with Gasteiger partial charge in [0.25, 0.3) is 0 Å². The van der Waals surface area contributed by atoms with Crippen LogP contribution in [0.5, 0.6) is 0 Å². The minimum Gasteiger partial charge on any atom is -0.438 e. The van der Waals surface area contributed by atoms with Crippen molar-refractivity contribution in [3.63, 3.8) is 0 Å². The van der Waals surface area contributed by atoms with E-state index in [4.69, 9.17) is 4.42 Å². The van der Waals surface area contributed by atoms with Gasteiger partial charge >= 0.3 is 0 Å². The molecular weight excluding hydrogens is 641 g/mol. The molecule has 0 fully saturated rings. The third kappa shape index (κ3) is 5.28. The highest BCUT2D eigenvalue weighted by molar-refractivity contribution is 6.04. The van der Waals surface area contributed by atoms with E-state index in [1.807, 2.05) is 36.7 Å². The number of aromatic nitrogens is 5. The Morgan fingerprint density at radius 3 is 1.44 bits per heavy atom. The Morgan fingerprint density at radius 2 is 0.904 bits per heavy atom. The summed E-state index contributed by atoms with van der Waals surface area (Å²) in [5.41, 5.74) is 13.2. The number of hydrogen-bond acceptors (Lipinski definition) is 7. The van der Waals surface area contributed by atoms with Gasteiger partial charge < -0.3 is 9.32 Å². The Hall–Kier alpha value is -7.25. The lowest BCUT2D eigenvalue weighted by molar-refractivity contribution is 0.654. The van der Waals surface area contributed by atoms with Crippen LogP contribution in [-0.4, -0.2) is 24.9 Å². The molecule has 4 heterocycles. The van der Waals surface area contributed by atoms with E-state index in [0.29, 0.717) is 5.71 Å². The van der Waals surface area contributed by atoms with E-state index in [2.05, 4.69) is 145 Å². The van der Waals surface area contributed by atoms with Crippen molar-refractivity contribution < 1.29 is 4.42 Å². The molecule has 0 aliphatic heterocycles. The summed E-state index contributed by atoms with van der Waals surface area (Å²) in [4.78, 5) is 23.9. The number of fused-ring (bicyclic) bond motifs is 5. The predicted molar refractivity (Wildman–Crippen MR) is 209 cm³/mol. The average molecular weight is 669 g/mol. The van der Waals surface area contributed by atoms with Crippen LogP contribution in [0.2, 0.25) is 0 Å². The van der Waals surface area contributed by atoms with Crippen LogP contribution in [0.4, 0.5) is 17.1 Å². The second-order valence-corrected chi connectivity index (χ2v) is 12.7. The topological polar surface area (TPSA) is 80.8 Å². The molecule has 0 amide bonds. The second-order valence-electron chi connectivity index (χ2n) is 12.7. The maximum absolute atomic E-state index is 6.09. The number of hydrogen-bond donors (Lipinski definition) is 0. The maximum Gasteiger partial charge on any atom is 0.227 e. The van der Waals surface area contributed by atoms with Gasteiger partial charge in [0.05, 0.1) is 11.0 Å². The van der Waals surface area contributed by atoms with Gasteiger partial charge in [-0.3, -0.25) is 0 Å². The molecule has 0 saturated heterocycles. The highest BCUT2D eigenvalue weighted by atomic mass is 16.3. The molecule has 10 rings (SSSR count). The zero-order valence-corrected chi connectivity index (χ0v) is 27.8. The van der Waals surface area contributed by atoms with E-state index in [9.17, 15) is 0 Å². The van der Waals surface area contributed by atoms with Crippen LogP contribution < -0.4 is 4.90 Å². The van der Waals surface area contributed by atoms with Gasteiger partial charge in [0.2, 0.25) is 5.71 Å². The van der Waals surface area contributed by atoms with E-state index in [0.717, 1.165) is 88.6 Å². The summed E-state index contributed by atoms with van der Waals surface area (Å²) in [5, 5.41) is 4.12. The molecule has 7 heteroatoms. The molecule has 0 aliphatic rings. The number of nitrogens with zero attached hydrogens (tertiary/aromatic N) is 6. The summed E-state index contributed by atoms with van der Waals surface area (Å²) in [6, 6.07) is 49.0. The SMILES string of the molecule is c1cnc2oc3cc(-c4ccc(N(c5ccc(-c6ccc7ncncc7c6)cc5)c5ccc(-c6ccc7ncncc7c6)cc5)cc4)ccc3c2c1. The van der Waals surface area contributed by atoms with Crippen molar-refractivity contribution in [1.82, 2.24) is 24.9 Å². The molecule has 0 radical (unpaired) electrons. The van der Waals surface area contributed by atoms with Crippen molar-refractivity contribution in [2.75, 3.05) is 4.90 Å². The van der Waals surface area contributed by atoms with Crippen molar-refractivity contribution in [3.8, 4) is 33.4 Å². The first-order valence-corrected chi connectivity index (χ1v) is 17.0. The molecule has 0 aliphatic carbocycles. The summed E-state index contributed by atoms with van der Waals surface area (Å²) >= 11 is 0. The number of pyridine rings is 1. The summed E-state index contributed by atoms with van der Waals surface area (Å²) < 4.78 is 6.09. The quantitative estimate of drug-likeness (QED) is 0.174. The minimum absolute atomic E-state index is 0.655. The third-order valence-electron chi connectivity index (χ3n) is 9.64. The number of furan rings is 1. The molecule has 7 nitrogen and oxygen atoms in total. The summed E-state index contributed by atoms with van der Waals surface area (Å²) in [5.74, 6) is 0. The lowest BCUT2D eigenvalue weighted by Gasteiger charge is -2.26. The zero-order valence-electron chi connectivity index (χ0n) is 27.8. The standard InChI is InChI=1S/C45H28N6O/c1-2-41-40-18-9-34(24-44(40)52-45(41)48-21-1)31-7-16-39(17-8-31)51(37-12-3-29(4-13-37)32-10-19-42-35(22-32)25-46-27-49-42)38-14-5-30(6-15-38)33-11-20-43-36(23-33)26-47-28-50-43/h1-28H. The van der Waals surface area contributed by atoms with Crippen molar-refractivity contribution in [1.29, 1.82) is 0 Å². The van der Waals surface area contributed by atoms with E-state index in [1.165, 1.54) is 0 Å². The van der Waals surface area contributed by atoms with Gasteiger partial charge in [-0.15, -0.1) is 0 Å². The number of rotatable bonds is 6. The van der Waals surface area contributed by atoms with Crippen molar-refractivity contribution in [3.05, 3.63) is 171 Å². The van der Waals surface area contributed by atoms with E-state index >= 15 is 0 Å². The molecule has 52 heavy (non-hydrogen) atoms. The van der Waals surface area contributed by atoms with Crippen LogP contribution in [0, 0.1) is 0 Å². The smallest absolute Gasteiger partial charge is 0.227 e. The van der Waals surface area contributed by atoms with Crippen LogP contribution in [0.1, 0.15) is 0 Å². The molecule has 0 saturated carbocycles. The molecule has 0 atom stereocenters. The first-order valence-electron chi connectivity index (χ1n) is 17.0. The summed E-state index contributed by atoms with van der Waals surface area (Å²) in [6.07, 6.45) is 8.63. The van der Waals surface area contributed by atoms with Gasteiger partial charge in [0, 0.05) is 57.2 Å². The van der Waals surface area contributed by atoms with E-state index < -0.39 is 0 Å². The Balaban J connectivity index is 1.02. The molecule has 0 bridgehead atoms. The van der Waals surface area contributed by atoms with Gasteiger partial charge in [-0.25, -0.2) is 24.9 Å². The van der Waals surface area contributed by atoms with Crippen LogP contribution >= 0.6 is 0 Å². The molecule has 6 aromatic carbocycles. The molecule has 0 unspecified atom stereocenters. The van der Waals surface area contributed by atoms with Crippen LogP contribution in [0.25, 0.3) is 77.3 Å². The Bertz CT molecular complexity index is 2780. The van der Waals surface area contributed by atoms with E-state index in [-0.39, 0.29) is 0 Å².